The molecule has 0 saturated heterocycles. The number of rotatable bonds is 6. The first kappa shape index (κ1) is 19.1. The van der Waals surface area contributed by atoms with E-state index < -0.39 is 0 Å². The molecule has 114 valence electrons. The molecule has 0 aromatic heterocycles. The van der Waals surface area contributed by atoms with Crippen LogP contribution in [0.2, 0.25) is 0 Å². The Morgan fingerprint density at radius 2 is 1.89 bits per heavy atom. The lowest BCUT2D eigenvalue weighted by atomic mass is 9.82. The van der Waals surface area contributed by atoms with Crippen molar-refractivity contribution in [2.75, 3.05) is 18.6 Å². The van der Waals surface area contributed by atoms with Gasteiger partial charge in [0.2, 0.25) is 5.91 Å². The van der Waals surface area contributed by atoms with Crippen LogP contribution >= 0.6 is 24.2 Å². The second-order valence-corrected chi connectivity index (χ2v) is 6.82. The SMILES string of the molecule is CSCCC(N)C(=O)NCC1(C)CCCCCC1.Cl. The molecule has 0 aliphatic heterocycles. The summed E-state index contributed by atoms with van der Waals surface area (Å²) in [5, 5.41) is 3.06. The van der Waals surface area contributed by atoms with E-state index in [1.807, 2.05) is 6.26 Å². The zero-order valence-corrected chi connectivity index (χ0v) is 13.9. The first-order valence-corrected chi connectivity index (χ1v) is 8.49. The predicted molar refractivity (Wildman–Crippen MR) is 87.0 cm³/mol. The Balaban J connectivity index is 0.00000324. The molecule has 1 amide bonds. The Morgan fingerprint density at radius 3 is 2.42 bits per heavy atom. The van der Waals surface area contributed by atoms with E-state index in [-0.39, 0.29) is 29.8 Å². The zero-order chi connectivity index (χ0) is 13.4. The van der Waals surface area contributed by atoms with Gasteiger partial charge in [0.1, 0.15) is 0 Å². The molecule has 0 aromatic carbocycles. The summed E-state index contributed by atoms with van der Waals surface area (Å²) in [5.74, 6) is 0.973. The normalized spacial score (nSPS) is 19.9. The smallest absolute Gasteiger partial charge is 0.236 e. The number of hydrogen-bond acceptors (Lipinski definition) is 3. The van der Waals surface area contributed by atoms with Gasteiger partial charge in [-0.2, -0.15) is 11.8 Å². The Bertz CT molecular complexity index is 256. The van der Waals surface area contributed by atoms with Crippen molar-refractivity contribution in [3.05, 3.63) is 0 Å². The molecule has 1 saturated carbocycles. The maximum Gasteiger partial charge on any atom is 0.236 e. The van der Waals surface area contributed by atoms with Gasteiger partial charge in [0.15, 0.2) is 0 Å². The molecule has 1 fully saturated rings. The van der Waals surface area contributed by atoms with E-state index in [0.29, 0.717) is 0 Å². The largest absolute Gasteiger partial charge is 0.354 e. The van der Waals surface area contributed by atoms with Crippen molar-refractivity contribution in [2.24, 2.45) is 11.1 Å². The number of amides is 1. The summed E-state index contributed by atoms with van der Waals surface area (Å²) >= 11 is 1.74. The number of thioether (sulfide) groups is 1. The monoisotopic (exact) mass is 308 g/mol. The quantitative estimate of drug-likeness (QED) is 0.742. The van der Waals surface area contributed by atoms with E-state index in [2.05, 4.69) is 12.2 Å². The van der Waals surface area contributed by atoms with Crippen LogP contribution in [0.4, 0.5) is 0 Å². The molecule has 1 rings (SSSR count). The Labute approximate surface area is 128 Å². The van der Waals surface area contributed by atoms with E-state index in [0.717, 1.165) is 18.7 Å². The number of nitrogens with one attached hydrogen (secondary N) is 1. The molecule has 0 bridgehead atoms. The fraction of sp³-hybridized carbons (Fsp3) is 0.929. The van der Waals surface area contributed by atoms with E-state index in [4.69, 9.17) is 5.73 Å². The van der Waals surface area contributed by atoms with Crippen LogP contribution in [0.3, 0.4) is 0 Å². The number of nitrogens with two attached hydrogens (primary N) is 1. The van der Waals surface area contributed by atoms with Crippen LogP contribution in [0.1, 0.15) is 51.9 Å². The lowest BCUT2D eigenvalue weighted by Gasteiger charge is -2.29. The van der Waals surface area contributed by atoms with E-state index in [1.54, 1.807) is 11.8 Å². The second-order valence-electron chi connectivity index (χ2n) is 5.83. The third-order valence-corrected chi connectivity index (χ3v) is 4.61. The highest BCUT2D eigenvalue weighted by Gasteiger charge is 2.26. The van der Waals surface area contributed by atoms with Crippen LogP contribution < -0.4 is 11.1 Å². The lowest BCUT2D eigenvalue weighted by Crippen LogP contribution is -2.44. The third kappa shape index (κ3) is 7.42. The predicted octanol–water partition coefficient (Wildman–Crippen LogP) is 2.97. The molecule has 1 aliphatic rings. The van der Waals surface area contributed by atoms with E-state index in [1.165, 1.54) is 38.5 Å². The summed E-state index contributed by atoms with van der Waals surface area (Å²) in [5.41, 5.74) is 6.15. The maximum absolute atomic E-state index is 11.9. The highest BCUT2D eigenvalue weighted by Crippen LogP contribution is 2.33. The van der Waals surface area contributed by atoms with Crippen LogP contribution in [0.25, 0.3) is 0 Å². The van der Waals surface area contributed by atoms with Crippen LogP contribution in [0, 0.1) is 5.41 Å². The first-order chi connectivity index (χ1) is 8.57. The molecule has 0 spiro atoms. The summed E-state index contributed by atoms with van der Waals surface area (Å²) in [6, 6.07) is -0.341. The minimum atomic E-state index is -0.341. The summed E-state index contributed by atoms with van der Waals surface area (Å²) in [4.78, 5) is 11.9. The fourth-order valence-corrected chi connectivity index (χ4v) is 3.06. The molecule has 1 aliphatic carbocycles. The Morgan fingerprint density at radius 1 is 1.32 bits per heavy atom. The Kier molecular flexibility index (Phi) is 9.93. The van der Waals surface area contributed by atoms with Crippen LogP contribution in [0.5, 0.6) is 0 Å². The van der Waals surface area contributed by atoms with Gasteiger partial charge in [-0.15, -0.1) is 12.4 Å². The van der Waals surface area contributed by atoms with Gasteiger partial charge in [-0.3, -0.25) is 4.79 Å². The van der Waals surface area contributed by atoms with Crippen molar-refractivity contribution in [2.45, 2.75) is 57.9 Å². The van der Waals surface area contributed by atoms with Crippen LogP contribution in [-0.4, -0.2) is 30.5 Å². The van der Waals surface area contributed by atoms with Crippen molar-refractivity contribution < 1.29 is 4.79 Å². The summed E-state index contributed by atoms with van der Waals surface area (Å²) in [7, 11) is 0. The minimum Gasteiger partial charge on any atom is -0.354 e. The molecule has 1 atom stereocenters. The molecule has 19 heavy (non-hydrogen) atoms. The standard InChI is InChI=1S/C14H28N2OS.ClH/c1-14(8-5-3-4-6-9-14)11-16-13(17)12(15)7-10-18-2;/h12H,3-11,15H2,1-2H3,(H,16,17);1H. The van der Waals surface area contributed by atoms with Gasteiger partial charge in [-0.05, 0) is 36.7 Å². The molecule has 3 nitrogen and oxygen atoms in total. The van der Waals surface area contributed by atoms with Gasteiger partial charge in [-0.1, -0.05) is 32.6 Å². The van der Waals surface area contributed by atoms with Gasteiger partial charge in [0, 0.05) is 6.54 Å². The number of halogens is 1. The van der Waals surface area contributed by atoms with E-state index >= 15 is 0 Å². The van der Waals surface area contributed by atoms with Crippen molar-refractivity contribution in [3.63, 3.8) is 0 Å². The van der Waals surface area contributed by atoms with Gasteiger partial charge in [0.05, 0.1) is 6.04 Å². The molecular formula is C14H29ClN2OS. The van der Waals surface area contributed by atoms with Crippen molar-refractivity contribution >= 4 is 30.1 Å². The summed E-state index contributed by atoms with van der Waals surface area (Å²) in [6.07, 6.45) is 10.5. The van der Waals surface area contributed by atoms with Gasteiger partial charge < -0.3 is 11.1 Å². The van der Waals surface area contributed by atoms with Gasteiger partial charge >= 0.3 is 0 Å². The molecule has 0 radical (unpaired) electrons. The van der Waals surface area contributed by atoms with Crippen molar-refractivity contribution in [3.8, 4) is 0 Å². The highest BCUT2D eigenvalue weighted by atomic mass is 35.5. The van der Waals surface area contributed by atoms with Gasteiger partial charge in [0.25, 0.3) is 0 Å². The fourth-order valence-electron chi connectivity index (χ4n) is 2.57. The Hall–Kier alpha value is 0.0700. The summed E-state index contributed by atoms with van der Waals surface area (Å²) in [6.45, 7) is 3.09. The molecule has 5 heteroatoms. The number of carbonyl (C=O) groups excluding carboxylic acids is 1. The first-order valence-electron chi connectivity index (χ1n) is 7.10. The van der Waals surface area contributed by atoms with Gasteiger partial charge in [-0.25, -0.2) is 0 Å². The average Bonchev–Trinajstić information content (AvgIpc) is 2.58. The average molecular weight is 309 g/mol. The molecule has 0 heterocycles. The number of hydrogen-bond donors (Lipinski definition) is 2. The van der Waals surface area contributed by atoms with Crippen LogP contribution in [-0.2, 0) is 4.79 Å². The maximum atomic E-state index is 11.9. The van der Waals surface area contributed by atoms with Crippen molar-refractivity contribution in [1.29, 1.82) is 0 Å². The molecular weight excluding hydrogens is 280 g/mol. The number of carbonyl (C=O) groups is 1. The van der Waals surface area contributed by atoms with Crippen LogP contribution in [0.15, 0.2) is 0 Å². The third-order valence-electron chi connectivity index (χ3n) is 3.97. The van der Waals surface area contributed by atoms with Crippen molar-refractivity contribution in [1.82, 2.24) is 5.32 Å². The minimum absolute atomic E-state index is 0. The summed E-state index contributed by atoms with van der Waals surface area (Å²) < 4.78 is 0. The molecule has 0 aromatic rings. The molecule has 3 N–H and O–H groups in total. The zero-order valence-electron chi connectivity index (χ0n) is 12.2. The second kappa shape index (κ2) is 9.89. The topological polar surface area (TPSA) is 55.1 Å². The highest BCUT2D eigenvalue weighted by molar-refractivity contribution is 7.98. The lowest BCUT2D eigenvalue weighted by molar-refractivity contribution is -0.122. The molecule has 1 unspecified atom stereocenters. The van der Waals surface area contributed by atoms with E-state index in [9.17, 15) is 4.79 Å².